The van der Waals surface area contributed by atoms with Crippen molar-refractivity contribution in [3.8, 4) is 0 Å². The second-order valence-corrected chi connectivity index (χ2v) is 5.76. The molecule has 1 aliphatic carbocycles. The molecule has 0 spiro atoms. The van der Waals surface area contributed by atoms with E-state index in [-0.39, 0.29) is 15.6 Å². The third kappa shape index (κ3) is 1.37. The number of ether oxygens (including phenoxy) is 1. The highest BCUT2D eigenvalue weighted by atomic mass is 79.9. The molecule has 0 radical (unpaired) electrons. The molecule has 3 atom stereocenters. The minimum absolute atomic E-state index is 0.0158. The van der Waals surface area contributed by atoms with Gasteiger partial charge < -0.3 is 4.74 Å². The Bertz CT molecular complexity index is 348. The molecule has 0 saturated heterocycles. The van der Waals surface area contributed by atoms with Crippen LogP contribution in [-0.4, -0.2) is 21.6 Å². The minimum atomic E-state index is -0.472. The maximum Gasteiger partial charge on any atom is 0.342 e. The lowest BCUT2D eigenvalue weighted by Gasteiger charge is -2.27. The molecule has 14 heavy (non-hydrogen) atoms. The van der Waals surface area contributed by atoms with Crippen LogP contribution in [0.4, 0.5) is 0 Å². The van der Waals surface area contributed by atoms with Gasteiger partial charge in [-0.15, -0.1) is 0 Å². The highest BCUT2D eigenvalue weighted by Crippen LogP contribution is 2.41. The molecular formula is C9H8Br2O3. The van der Waals surface area contributed by atoms with Gasteiger partial charge in [0.15, 0.2) is 0 Å². The van der Waals surface area contributed by atoms with E-state index in [9.17, 15) is 9.59 Å². The van der Waals surface area contributed by atoms with Crippen molar-refractivity contribution in [3.05, 3.63) is 11.1 Å². The van der Waals surface area contributed by atoms with Crippen molar-refractivity contribution in [1.82, 2.24) is 0 Å². The number of rotatable bonds is 0. The number of hydrogen-bond donors (Lipinski definition) is 0. The number of carbonyl (C=O) groups is 2. The van der Waals surface area contributed by atoms with E-state index < -0.39 is 11.9 Å². The summed E-state index contributed by atoms with van der Waals surface area (Å²) in [6.45, 7) is 1.92. The maximum atomic E-state index is 11.3. The first-order chi connectivity index (χ1) is 6.52. The van der Waals surface area contributed by atoms with Gasteiger partial charge in [0.25, 0.3) is 0 Å². The average molecular weight is 324 g/mol. The third-order valence-electron chi connectivity index (χ3n) is 2.65. The van der Waals surface area contributed by atoms with Crippen LogP contribution >= 0.6 is 31.9 Å². The van der Waals surface area contributed by atoms with Gasteiger partial charge in [0, 0.05) is 21.1 Å². The van der Waals surface area contributed by atoms with Crippen LogP contribution in [0.1, 0.15) is 13.3 Å². The summed E-state index contributed by atoms with van der Waals surface area (Å²) in [4.78, 5) is 23.0. The standard InChI is InChI=1S/C9H8Br2O3/c1-3-6-4(2-5(10)7(3)11)8(12)14-9(6)13/h3,5,7H,2H2,1H3/t3-,5-,7+/m1/s1. The van der Waals surface area contributed by atoms with Gasteiger partial charge in [0.05, 0.1) is 5.57 Å². The Hall–Kier alpha value is -0.160. The SMILES string of the molecule is C[C@@H]1C2=C(C[C@@H](Br)[C@H]1Br)C(=O)OC2=O. The van der Waals surface area contributed by atoms with E-state index in [0.29, 0.717) is 17.6 Å². The first-order valence-electron chi connectivity index (χ1n) is 4.30. The monoisotopic (exact) mass is 322 g/mol. The molecule has 2 aliphatic rings. The average Bonchev–Trinajstić information content (AvgIpc) is 2.38. The Morgan fingerprint density at radius 2 is 1.93 bits per heavy atom. The van der Waals surface area contributed by atoms with Gasteiger partial charge >= 0.3 is 11.9 Å². The van der Waals surface area contributed by atoms with Crippen molar-refractivity contribution in [2.45, 2.75) is 23.0 Å². The molecule has 1 aliphatic heterocycles. The van der Waals surface area contributed by atoms with Crippen LogP contribution in [0, 0.1) is 5.92 Å². The molecule has 0 amide bonds. The topological polar surface area (TPSA) is 43.4 Å². The normalized spacial score (nSPS) is 37.2. The fourth-order valence-electron chi connectivity index (χ4n) is 1.87. The van der Waals surface area contributed by atoms with Crippen molar-refractivity contribution in [3.63, 3.8) is 0 Å². The second kappa shape index (κ2) is 3.45. The number of esters is 2. The zero-order valence-corrected chi connectivity index (χ0v) is 10.6. The Labute approximate surface area is 98.1 Å². The first kappa shape index (κ1) is 10.4. The minimum Gasteiger partial charge on any atom is -0.386 e. The van der Waals surface area contributed by atoms with Gasteiger partial charge in [-0.2, -0.15) is 0 Å². The third-order valence-corrected chi connectivity index (χ3v) is 5.69. The van der Waals surface area contributed by atoms with E-state index in [1.54, 1.807) is 0 Å². The fourth-order valence-corrected chi connectivity index (χ4v) is 3.10. The molecule has 0 unspecified atom stereocenters. The molecule has 0 N–H and O–H groups in total. The Morgan fingerprint density at radius 3 is 2.57 bits per heavy atom. The molecule has 1 heterocycles. The van der Waals surface area contributed by atoms with Crippen molar-refractivity contribution in [2.75, 3.05) is 0 Å². The van der Waals surface area contributed by atoms with E-state index in [1.807, 2.05) is 6.92 Å². The summed E-state index contributed by atoms with van der Waals surface area (Å²) in [5.41, 5.74) is 1.09. The van der Waals surface area contributed by atoms with E-state index >= 15 is 0 Å². The van der Waals surface area contributed by atoms with E-state index in [4.69, 9.17) is 0 Å². The largest absolute Gasteiger partial charge is 0.386 e. The van der Waals surface area contributed by atoms with Gasteiger partial charge in [-0.3, -0.25) is 0 Å². The summed E-state index contributed by atoms with van der Waals surface area (Å²) in [7, 11) is 0. The van der Waals surface area contributed by atoms with E-state index in [0.717, 1.165) is 0 Å². The Morgan fingerprint density at radius 1 is 1.29 bits per heavy atom. The molecule has 0 saturated carbocycles. The molecule has 5 heteroatoms. The second-order valence-electron chi connectivity index (χ2n) is 3.52. The number of carbonyl (C=O) groups excluding carboxylic acids is 2. The van der Waals surface area contributed by atoms with Crippen LogP contribution in [0.5, 0.6) is 0 Å². The first-order valence-corrected chi connectivity index (χ1v) is 6.13. The van der Waals surface area contributed by atoms with E-state index in [1.165, 1.54) is 0 Å². The number of alkyl halides is 2. The molecule has 3 nitrogen and oxygen atoms in total. The summed E-state index contributed by atoms with van der Waals surface area (Å²) in [5, 5.41) is 0. The van der Waals surface area contributed by atoms with Gasteiger partial charge in [-0.25, -0.2) is 9.59 Å². The summed E-state index contributed by atoms with van der Waals surface area (Å²) >= 11 is 6.98. The Kier molecular flexibility index (Phi) is 2.55. The van der Waals surface area contributed by atoms with Crippen LogP contribution in [0.25, 0.3) is 0 Å². The highest BCUT2D eigenvalue weighted by Gasteiger charge is 2.44. The summed E-state index contributed by atoms with van der Waals surface area (Å²) in [5.74, 6) is -0.927. The molecular weight excluding hydrogens is 316 g/mol. The Balaban J connectivity index is 2.45. The van der Waals surface area contributed by atoms with Gasteiger partial charge in [0.1, 0.15) is 0 Å². The van der Waals surface area contributed by atoms with Crippen molar-refractivity contribution in [2.24, 2.45) is 5.92 Å². The number of cyclic esters (lactones) is 2. The lowest BCUT2D eigenvalue weighted by atomic mass is 9.85. The molecule has 0 aromatic rings. The smallest absolute Gasteiger partial charge is 0.342 e. The van der Waals surface area contributed by atoms with E-state index in [2.05, 4.69) is 36.6 Å². The van der Waals surface area contributed by atoms with Crippen molar-refractivity contribution < 1.29 is 14.3 Å². The zero-order valence-electron chi connectivity index (χ0n) is 7.42. The molecule has 0 bridgehead atoms. The lowest BCUT2D eigenvalue weighted by Crippen LogP contribution is -2.30. The lowest BCUT2D eigenvalue weighted by molar-refractivity contribution is -0.151. The van der Waals surface area contributed by atoms with Crippen LogP contribution in [0.3, 0.4) is 0 Å². The van der Waals surface area contributed by atoms with Crippen LogP contribution in [-0.2, 0) is 14.3 Å². The quantitative estimate of drug-likeness (QED) is 0.389. The summed E-state index contributed by atoms with van der Waals surface area (Å²) < 4.78 is 4.58. The predicted octanol–water partition coefficient (Wildman–Crippen LogP) is 1.93. The molecule has 2 rings (SSSR count). The molecule has 0 fully saturated rings. The maximum absolute atomic E-state index is 11.3. The highest BCUT2D eigenvalue weighted by molar-refractivity contribution is 9.12. The fraction of sp³-hybridized carbons (Fsp3) is 0.556. The summed E-state index contributed by atoms with van der Waals surface area (Å²) in [6, 6.07) is 0. The molecule has 0 aromatic heterocycles. The zero-order chi connectivity index (χ0) is 10.5. The molecule has 0 aromatic carbocycles. The number of halogens is 2. The van der Waals surface area contributed by atoms with Gasteiger partial charge in [-0.05, 0) is 6.42 Å². The summed E-state index contributed by atoms with van der Waals surface area (Å²) in [6.07, 6.45) is 0.556. The molecule has 76 valence electrons. The predicted molar refractivity (Wildman–Crippen MR) is 57.3 cm³/mol. The van der Waals surface area contributed by atoms with Crippen molar-refractivity contribution >= 4 is 43.8 Å². The van der Waals surface area contributed by atoms with Crippen LogP contribution < -0.4 is 0 Å². The van der Waals surface area contributed by atoms with Crippen LogP contribution in [0.2, 0.25) is 0 Å². The van der Waals surface area contributed by atoms with Crippen LogP contribution in [0.15, 0.2) is 11.1 Å². The van der Waals surface area contributed by atoms with Crippen molar-refractivity contribution in [1.29, 1.82) is 0 Å². The van der Waals surface area contributed by atoms with Gasteiger partial charge in [-0.1, -0.05) is 38.8 Å². The van der Waals surface area contributed by atoms with Gasteiger partial charge in [0.2, 0.25) is 0 Å². The number of hydrogen-bond acceptors (Lipinski definition) is 3.